The molecule has 0 saturated heterocycles. The lowest BCUT2D eigenvalue weighted by Crippen LogP contribution is -2.01. The van der Waals surface area contributed by atoms with E-state index in [4.69, 9.17) is 11.0 Å². The minimum absolute atomic E-state index is 0.387. The van der Waals surface area contributed by atoms with Gasteiger partial charge in [0.2, 0.25) is 0 Å². The van der Waals surface area contributed by atoms with Gasteiger partial charge in [-0.15, -0.1) is 11.8 Å². The Bertz CT molecular complexity index is 554. The predicted molar refractivity (Wildman–Crippen MR) is 69.1 cm³/mol. The van der Waals surface area contributed by atoms with Crippen molar-refractivity contribution in [1.29, 1.82) is 5.26 Å². The van der Waals surface area contributed by atoms with Gasteiger partial charge in [-0.05, 0) is 17.9 Å². The number of aromatic nitrogens is 2. The molecule has 0 spiro atoms. The largest absolute Gasteiger partial charge is 0.383 e. The summed E-state index contributed by atoms with van der Waals surface area (Å²) in [6.45, 7) is 2.02. The number of anilines is 1. The third-order valence-electron chi connectivity index (χ3n) is 2.27. The zero-order valence-electron chi connectivity index (χ0n) is 9.42. The average Bonchev–Trinajstić information content (AvgIpc) is 2.69. The molecule has 0 aliphatic carbocycles. The van der Waals surface area contributed by atoms with Crippen LogP contribution in [-0.2, 0) is 0 Å². The first kappa shape index (κ1) is 11.6. The highest BCUT2D eigenvalue weighted by Crippen LogP contribution is 2.30. The minimum Gasteiger partial charge on any atom is -0.383 e. The zero-order valence-corrected chi connectivity index (χ0v) is 10.2. The van der Waals surface area contributed by atoms with Crippen molar-refractivity contribution in [3.63, 3.8) is 0 Å². The van der Waals surface area contributed by atoms with E-state index in [0.29, 0.717) is 11.5 Å². The summed E-state index contributed by atoms with van der Waals surface area (Å²) in [4.78, 5) is 0.763. The van der Waals surface area contributed by atoms with Crippen LogP contribution in [0.25, 0.3) is 5.69 Å². The van der Waals surface area contributed by atoms with E-state index in [1.54, 1.807) is 4.68 Å². The molecule has 0 saturated carbocycles. The van der Waals surface area contributed by atoms with Gasteiger partial charge in [0.05, 0.1) is 10.6 Å². The van der Waals surface area contributed by atoms with Crippen molar-refractivity contribution in [2.45, 2.75) is 11.8 Å². The van der Waals surface area contributed by atoms with Crippen molar-refractivity contribution in [1.82, 2.24) is 9.78 Å². The Labute approximate surface area is 104 Å². The van der Waals surface area contributed by atoms with Gasteiger partial charge in [-0.2, -0.15) is 10.4 Å². The summed E-state index contributed by atoms with van der Waals surface area (Å²) < 4.78 is 1.61. The summed E-state index contributed by atoms with van der Waals surface area (Å²) in [5.74, 6) is 1.39. The molecule has 1 aromatic heterocycles. The monoisotopic (exact) mass is 244 g/mol. The maximum atomic E-state index is 9.04. The van der Waals surface area contributed by atoms with Crippen LogP contribution in [0.1, 0.15) is 12.6 Å². The maximum Gasteiger partial charge on any atom is 0.178 e. The molecule has 0 aliphatic heterocycles. The van der Waals surface area contributed by atoms with E-state index in [-0.39, 0.29) is 0 Å². The quantitative estimate of drug-likeness (QED) is 0.842. The first-order valence-electron chi connectivity index (χ1n) is 5.24. The number of hydrogen-bond donors (Lipinski definition) is 1. The number of benzene rings is 1. The molecule has 4 nitrogen and oxygen atoms in total. The Morgan fingerprint density at radius 1 is 1.41 bits per heavy atom. The van der Waals surface area contributed by atoms with Crippen molar-refractivity contribution < 1.29 is 0 Å². The number of rotatable bonds is 3. The van der Waals surface area contributed by atoms with Crippen LogP contribution in [0.3, 0.4) is 0 Å². The molecular weight excluding hydrogens is 232 g/mol. The highest BCUT2D eigenvalue weighted by atomic mass is 32.2. The Hall–Kier alpha value is -1.93. The second kappa shape index (κ2) is 4.93. The number of hydrogen-bond acceptors (Lipinski definition) is 4. The third-order valence-corrected chi connectivity index (χ3v) is 3.25. The van der Waals surface area contributed by atoms with E-state index in [1.807, 2.05) is 37.3 Å². The van der Waals surface area contributed by atoms with Crippen LogP contribution < -0.4 is 5.73 Å². The average molecular weight is 244 g/mol. The first-order chi connectivity index (χ1) is 8.27. The summed E-state index contributed by atoms with van der Waals surface area (Å²) in [7, 11) is 0. The SMILES string of the molecule is CCSc1c(C#N)nn(-c2ccccc2)c1N. The van der Waals surface area contributed by atoms with Crippen molar-refractivity contribution in [2.24, 2.45) is 0 Å². The van der Waals surface area contributed by atoms with Crippen LogP contribution in [0.15, 0.2) is 35.2 Å². The van der Waals surface area contributed by atoms with Gasteiger partial charge in [0.25, 0.3) is 0 Å². The number of nitrogen functional groups attached to an aromatic ring is 1. The molecule has 1 heterocycles. The fourth-order valence-electron chi connectivity index (χ4n) is 1.54. The molecule has 86 valence electrons. The first-order valence-corrected chi connectivity index (χ1v) is 6.23. The molecule has 5 heteroatoms. The highest BCUT2D eigenvalue weighted by molar-refractivity contribution is 7.99. The Kier molecular flexibility index (Phi) is 3.35. The van der Waals surface area contributed by atoms with Gasteiger partial charge in [0.1, 0.15) is 11.9 Å². The fraction of sp³-hybridized carbons (Fsp3) is 0.167. The number of thioether (sulfide) groups is 1. The summed E-state index contributed by atoms with van der Waals surface area (Å²) in [5, 5.41) is 13.3. The Balaban J connectivity index is 2.54. The molecule has 2 aromatic rings. The van der Waals surface area contributed by atoms with E-state index in [1.165, 1.54) is 11.8 Å². The molecule has 0 bridgehead atoms. The molecule has 0 aliphatic rings. The molecule has 17 heavy (non-hydrogen) atoms. The van der Waals surface area contributed by atoms with E-state index >= 15 is 0 Å². The molecule has 0 amide bonds. The van der Waals surface area contributed by atoms with Gasteiger partial charge in [-0.25, -0.2) is 4.68 Å². The molecule has 2 rings (SSSR count). The van der Waals surface area contributed by atoms with Crippen molar-refractivity contribution in [2.75, 3.05) is 11.5 Å². The lowest BCUT2D eigenvalue weighted by Gasteiger charge is -2.03. The lowest BCUT2D eigenvalue weighted by molar-refractivity contribution is 0.883. The lowest BCUT2D eigenvalue weighted by atomic mass is 10.3. The van der Waals surface area contributed by atoms with E-state index in [0.717, 1.165) is 16.3 Å². The molecular formula is C12H12N4S. The third kappa shape index (κ3) is 2.12. The summed E-state index contributed by atoms with van der Waals surface area (Å²) in [6.07, 6.45) is 0. The van der Waals surface area contributed by atoms with Crippen LogP contribution in [0.2, 0.25) is 0 Å². The molecule has 0 fully saturated rings. The maximum absolute atomic E-state index is 9.04. The van der Waals surface area contributed by atoms with Crippen LogP contribution in [0.4, 0.5) is 5.82 Å². The van der Waals surface area contributed by atoms with E-state index in [9.17, 15) is 0 Å². The number of nitrogens with zero attached hydrogens (tertiary/aromatic N) is 3. The van der Waals surface area contributed by atoms with Gasteiger partial charge >= 0.3 is 0 Å². The molecule has 1 aromatic carbocycles. The predicted octanol–water partition coefficient (Wildman–Crippen LogP) is 2.44. The van der Waals surface area contributed by atoms with Crippen LogP contribution >= 0.6 is 11.8 Å². The second-order valence-electron chi connectivity index (χ2n) is 3.36. The van der Waals surface area contributed by atoms with Crippen LogP contribution in [-0.4, -0.2) is 15.5 Å². The van der Waals surface area contributed by atoms with Gasteiger partial charge in [-0.3, -0.25) is 0 Å². The van der Waals surface area contributed by atoms with Gasteiger partial charge in [0, 0.05) is 0 Å². The number of para-hydroxylation sites is 1. The molecule has 2 N–H and O–H groups in total. The van der Waals surface area contributed by atoms with Gasteiger partial charge < -0.3 is 5.73 Å². The molecule has 0 radical (unpaired) electrons. The van der Waals surface area contributed by atoms with Gasteiger partial charge in [-0.1, -0.05) is 25.1 Å². The smallest absolute Gasteiger partial charge is 0.178 e. The van der Waals surface area contributed by atoms with E-state index < -0.39 is 0 Å². The van der Waals surface area contributed by atoms with E-state index in [2.05, 4.69) is 11.2 Å². The Morgan fingerprint density at radius 2 is 2.12 bits per heavy atom. The van der Waals surface area contributed by atoms with Crippen molar-refractivity contribution in [3.05, 3.63) is 36.0 Å². The number of nitriles is 1. The minimum atomic E-state index is 0.387. The highest BCUT2D eigenvalue weighted by Gasteiger charge is 2.15. The molecule has 0 atom stereocenters. The summed E-state index contributed by atoms with van der Waals surface area (Å²) >= 11 is 1.54. The van der Waals surface area contributed by atoms with Gasteiger partial charge in [0.15, 0.2) is 5.69 Å². The second-order valence-corrected chi connectivity index (χ2v) is 4.63. The Morgan fingerprint density at radius 3 is 2.71 bits per heavy atom. The topological polar surface area (TPSA) is 67.6 Å². The van der Waals surface area contributed by atoms with Crippen LogP contribution in [0.5, 0.6) is 0 Å². The van der Waals surface area contributed by atoms with Crippen molar-refractivity contribution >= 4 is 17.6 Å². The summed E-state index contributed by atoms with van der Waals surface area (Å²) in [5.41, 5.74) is 7.28. The molecule has 0 unspecified atom stereocenters. The number of nitrogens with two attached hydrogens (primary N) is 1. The van der Waals surface area contributed by atoms with Crippen LogP contribution in [0, 0.1) is 11.3 Å². The van der Waals surface area contributed by atoms with Crippen molar-refractivity contribution in [3.8, 4) is 11.8 Å². The zero-order chi connectivity index (χ0) is 12.3. The standard InChI is InChI=1S/C12H12N4S/c1-2-17-11-10(8-13)15-16(12(11)14)9-6-4-3-5-7-9/h3-7H,2,14H2,1H3. The summed E-state index contributed by atoms with van der Waals surface area (Å²) in [6, 6.07) is 11.6. The normalized spacial score (nSPS) is 10.1. The fourth-order valence-corrected chi connectivity index (χ4v) is 2.29.